The van der Waals surface area contributed by atoms with Crippen molar-refractivity contribution in [3.8, 4) is 0 Å². The van der Waals surface area contributed by atoms with Crippen molar-refractivity contribution in [1.82, 2.24) is 0 Å². The van der Waals surface area contributed by atoms with Crippen LogP contribution in [-0.4, -0.2) is 29.7 Å². The van der Waals surface area contributed by atoms with Gasteiger partial charge in [0.2, 0.25) is 0 Å². The molecule has 0 spiro atoms. The van der Waals surface area contributed by atoms with Gasteiger partial charge in [-0.05, 0) is 30.2 Å². The molecule has 0 saturated heterocycles. The Hall–Kier alpha value is -3.52. The van der Waals surface area contributed by atoms with E-state index in [1.54, 1.807) is 24.3 Å². The SMILES string of the molecule is COC(=O)C1(N)OC(=O)C(c2ccc([N+](=O)[O-])cc2)=C1c1ccc(C)cc1. The first kappa shape index (κ1) is 18.3. The molecule has 1 aliphatic rings. The van der Waals surface area contributed by atoms with E-state index in [0.717, 1.165) is 12.7 Å². The molecule has 0 aliphatic carbocycles. The highest BCUT2D eigenvalue weighted by Crippen LogP contribution is 2.42. The summed E-state index contributed by atoms with van der Waals surface area (Å²) in [6.07, 6.45) is 0. The summed E-state index contributed by atoms with van der Waals surface area (Å²) < 4.78 is 9.93. The fourth-order valence-electron chi connectivity index (χ4n) is 2.92. The van der Waals surface area contributed by atoms with Gasteiger partial charge in [0.1, 0.15) is 0 Å². The Morgan fingerprint density at radius 2 is 1.67 bits per heavy atom. The van der Waals surface area contributed by atoms with Gasteiger partial charge in [0, 0.05) is 17.7 Å². The van der Waals surface area contributed by atoms with Gasteiger partial charge in [0.05, 0.1) is 17.6 Å². The van der Waals surface area contributed by atoms with Crippen LogP contribution in [0.25, 0.3) is 11.1 Å². The number of ether oxygens (including phenoxy) is 2. The number of aryl methyl sites for hydroxylation is 1. The van der Waals surface area contributed by atoms with Crippen molar-refractivity contribution in [2.75, 3.05) is 7.11 Å². The topological polar surface area (TPSA) is 122 Å². The van der Waals surface area contributed by atoms with Gasteiger partial charge in [-0.2, -0.15) is 0 Å². The minimum absolute atomic E-state index is 0.0571. The number of methoxy groups -OCH3 is 1. The van der Waals surface area contributed by atoms with E-state index >= 15 is 0 Å². The van der Waals surface area contributed by atoms with Crippen molar-refractivity contribution >= 4 is 28.8 Å². The highest BCUT2D eigenvalue weighted by atomic mass is 16.6. The molecule has 138 valence electrons. The normalized spacial score (nSPS) is 19.0. The number of nitrogens with zero attached hydrogens (tertiary/aromatic N) is 1. The summed E-state index contributed by atoms with van der Waals surface area (Å²) in [4.78, 5) is 35.2. The van der Waals surface area contributed by atoms with Crippen LogP contribution in [0.2, 0.25) is 0 Å². The number of benzene rings is 2. The van der Waals surface area contributed by atoms with Gasteiger partial charge in [-0.3, -0.25) is 15.8 Å². The largest absolute Gasteiger partial charge is 0.465 e. The molecule has 0 saturated carbocycles. The van der Waals surface area contributed by atoms with Gasteiger partial charge in [0.15, 0.2) is 0 Å². The lowest BCUT2D eigenvalue weighted by Crippen LogP contribution is -2.50. The molecule has 0 aromatic heterocycles. The van der Waals surface area contributed by atoms with E-state index in [1.165, 1.54) is 24.3 Å². The zero-order valence-corrected chi connectivity index (χ0v) is 14.6. The van der Waals surface area contributed by atoms with Crippen LogP contribution in [0.5, 0.6) is 0 Å². The third-order valence-electron chi connectivity index (χ3n) is 4.27. The first-order chi connectivity index (χ1) is 12.8. The monoisotopic (exact) mass is 368 g/mol. The lowest BCUT2D eigenvalue weighted by molar-refractivity contribution is -0.384. The molecule has 0 radical (unpaired) electrons. The van der Waals surface area contributed by atoms with Crippen LogP contribution in [0.1, 0.15) is 16.7 Å². The Morgan fingerprint density at radius 3 is 2.19 bits per heavy atom. The summed E-state index contributed by atoms with van der Waals surface area (Å²) in [7, 11) is 1.14. The minimum atomic E-state index is -2.11. The number of non-ortho nitro benzene ring substituents is 1. The van der Waals surface area contributed by atoms with Crippen LogP contribution >= 0.6 is 0 Å². The minimum Gasteiger partial charge on any atom is -0.465 e. The van der Waals surface area contributed by atoms with E-state index in [2.05, 4.69) is 0 Å². The predicted molar refractivity (Wildman–Crippen MR) is 96.1 cm³/mol. The second-order valence-electron chi connectivity index (χ2n) is 6.04. The lowest BCUT2D eigenvalue weighted by atomic mass is 9.89. The van der Waals surface area contributed by atoms with Gasteiger partial charge in [-0.15, -0.1) is 0 Å². The zero-order valence-electron chi connectivity index (χ0n) is 14.6. The first-order valence-electron chi connectivity index (χ1n) is 7.95. The Balaban J connectivity index is 2.26. The molecular weight excluding hydrogens is 352 g/mol. The van der Waals surface area contributed by atoms with E-state index in [-0.39, 0.29) is 16.8 Å². The van der Waals surface area contributed by atoms with Crippen molar-refractivity contribution in [3.63, 3.8) is 0 Å². The number of nitro benzene ring substituents is 1. The third kappa shape index (κ3) is 3.06. The highest BCUT2D eigenvalue weighted by molar-refractivity contribution is 6.31. The number of nitrogens with two attached hydrogens (primary N) is 1. The second-order valence-corrected chi connectivity index (χ2v) is 6.04. The van der Waals surface area contributed by atoms with E-state index in [4.69, 9.17) is 15.2 Å². The molecule has 1 unspecified atom stereocenters. The number of rotatable bonds is 4. The summed E-state index contributed by atoms with van der Waals surface area (Å²) in [6, 6.07) is 12.4. The molecular formula is C19H16N2O6. The second kappa shape index (κ2) is 6.65. The summed E-state index contributed by atoms with van der Waals surface area (Å²) in [5, 5.41) is 10.9. The van der Waals surface area contributed by atoms with Gasteiger partial charge < -0.3 is 9.47 Å². The van der Waals surface area contributed by atoms with E-state index in [9.17, 15) is 19.7 Å². The standard InChI is InChI=1S/C19H16N2O6/c1-11-3-5-13(6-4-11)16-15(12-7-9-14(10-8-12)21(24)25)17(22)27-19(16,20)18(23)26-2/h3-10H,20H2,1-2H3. The highest BCUT2D eigenvalue weighted by Gasteiger charge is 2.52. The quantitative estimate of drug-likeness (QED) is 0.499. The lowest BCUT2D eigenvalue weighted by Gasteiger charge is -2.23. The molecule has 0 amide bonds. The van der Waals surface area contributed by atoms with Gasteiger partial charge in [-0.1, -0.05) is 29.8 Å². The maximum absolute atomic E-state index is 12.6. The Morgan fingerprint density at radius 1 is 1.11 bits per heavy atom. The maximum Gasteiger partial charge on any atom is 0.371 e. The number of hydrogen-bond acceptors (Lipinski definition) is 7. The summed E-state index contributed by atoms with van der Waals surface area (Å²) in [5.41, 5.74) is 5.93. The van der Waals surface area contributed by atoms with Crippen LogP contribution in [0.15, 0.2) is 48.5 Å². The summed E-state index contributed by atoms with van der Waals surface area (Å²) in [5.74, 6) is -1.74. The number of carbonyl (C=O) groups is 2. The van der Waals surface area contributed by atoms with E-state index in [0.29, 0.717) is 11.1 Å². The van der Waals surface area contributed by atoms with Gasteiger partial charge >= 0.3 is 11.9 Å². The molecule has 0 bridgehead atoms. The Bertz CT molecular complexity index is 963. The summed E-state index contributed by atoms with van der Waals surface area (Å²) >= 11 is 0. The number of carbonyl (C=O) groups excluding carboxylic acids is 2. The molecule has 8 heteroatoms. The average molecular weight is 368 g/mol. The number of hydrogen-bond donors (Lipinski definition) is 1. The Kier molecular flexibility index (Phi) is 4.50. The van der Waals surface area contributed by atoms with Crippen LogP contribution in [0.3, 0.4) is 0 Å². The van der Waals surface area contributed by atoms with E-state index < -0.39 is 22.6 Å². The smallest absolute Gasteiger partial charge is 0.371 e. The van der Waals surface area contributed by atoms with Gasteiger partial charge in [-0.25, -0.2) is 9.59 Å². The maximum atomic E-state index is 12.6. The predicted octanol–water partition coefficient (Wildman–Crippen LogP) is 2.20. The molecule has 2 aromatic rings. The molecule has 1 atom stereocenters. The molecule has 1 aliphatic heterocycles. The van der Waals surface area contributed by atoms with Crippen molar-refractivity contribution in [3.05, 3.63) is 75.3 Å². The fourth-order valence-corrected chi connectivity index (χ4v) is 2.92. The van der Waals surface area contributed by atoms with Crippen molar-refractivity contribution in [1.29, 1.82) is 0 Å². The molecule has 8 nitrogen and oxygen atoms in total. The molecule has 2 N–H and O–H groups in total. The molecule has 1 heterocycles. The number of cyclic esters (lactones) is 1. The van der Waals surface area contributed by atoms with E-state index in [1.807, 2.05) is 6.92 Å². The fraction of sp³-hybridized carbons (Fsp3) is 0.158. The van der Waals surface area contributed by atoms with Crippen LogP contribution in [-0.2, 0) is 19.1 Å². The van der Waals surface area contributed by atoms with Gasteiger partial charge in [0.25, 0.3) is 11.4 Å². The van der Waals surface area contributed by atoms with Crippen molar-refractivity contribution in [2.24, 2.45) is 5.73 Å². The average Bonchev–Trinajstić information content (AvgIpc) is 2.93. The van der Waals surface area contributed by atoms with Crippen molar-refractivity contribution < 1.29 is 24.0 Å². The summed E-state index contributed by atoms with van der Waals surface area (Å²) in [6.45, 7) is 1.89. The Labute approximate surface area is 154 Å². The molecule has 27 heavy (non-hydrogen) atoms. The van der Waals surface area contributed by atoms with Crippen LogP contribution < -0.4 is 5.73 Å². The van der Waals surface area contributed by atoms with Crippen LogP contribution in [0.4, 0.5) is 5.69 Å². The molecule has 2 aromatic carbocycles. The molecule has 0 fully saturated rings. The number of esters is 2. The van der Waals surface area contributed by atoms with Crippen molar-refractivity contribution in [2.45, 2.75) is 12.6 Å². The zero-order chi connectivity index (χ0) is 19.8. The number of nitro groups is 1. The first-order valence-corrected chi connectivity index (χ1v) is 7.95. The molecule has 3 rings (SSSR count). The van der Waals surface area contributed by atoms with Crippen LogP contribution in [0, 0.1) is 17.0 Å². The third-order valence-corrected chi connectivity index (χ3v) is 4.27.